The Bertz CT molecular complexity index is 1370. The van der Waals surface area contributed by atoms with Crippen LogP contribution in [-0.4, -0.2) is 5.97 Å². The van der Waals surface area contributed by atoms with E-state index in [1.54, 1.807) is 6.07 Å². The van der Waals surface area contributed by atoms with Gasteiger partial charge in [0.1, 0.15) is 23.3 Å². The molecule has 0 aliphatic heterocycles. The summed E-state index contributed by atoms with van der Waals surface area (Å²) in [5.41, 5.74) is 1.08. The number of benzene rings is 3. The molecule has 4 rings (SSSR count). The lowest BCUT2D eigenvalue weighted by Gasteiger charge is -2.13. The third-order valence-electron chi connectivity index (χ3n) is 4.84. The van der Waals surface area contributed by atoms with Gasteiger partial charge < -0.3 is 13.9 Å². The number of carbonyl (C=O) groups excluding carboxylic acids is 1. The van der Waals surface area contributed by atoms with Crippen LogP contribution in [0.1, 0.15) is 35.7 Å². The summed E-state index contributed by atoms with van der Waals surface area (Å²) in [7, 11) is 0. The molecule has 32 heavy (non-hydrogen) atoms. The Morgan fingerprint density at radius 1 is 0.969 bits per heavy atom. The first-order valence-corrected chi connectivity index (χ1v) is 10.6. The predicted molar refractivity (Wildman–Crippen MR) is 125 cm³/mol. The molecule has 0 fully saturated rings. The van der Waals surface area contributed by atoms with E-state index in [9.17, 15) is 9.59 Å². The van der Waals surface area contributed by atoms with Crippen LogP contribution in [0.25, 0.3) is 11.0 Å². The van der Waals surface area contributed by atoms with Gasteiger partial charge in [-0.25, -0.2) is 4.79 Å². The van der Waals surface area contributed by atoms with Crippen LogP contribution in [0.3, 0.4) is 0 Å². The SMILES string of the molecule is CC(C)c1ccccc1Oc1coc2cc(OC(=O)c3ccc(Cl)cc3Cl)ccc2c1=O. The summed E-state index contributed by atoms with van der Waals surface area (Å²) in [5, 5.41) is 0.889. The first-order valence-electron chi connectivity index (χ1n) is 9.83. The second-order valence-corrected chi connectivity index (χ2v) is 8.24. The Kier molecular flexibility index (Phi) is 6.21. The molecule has 3 aromatic carbocycles. The fourth-order valence-electron chi connectivity index (χ4n) is 3.21. The summed E-state index contributed by atoms with van der Waals surface area (Å²) < 4.78 is 16.8. The quantitative estimate of drug-likeness (QED) is 0.228. The summed E-state index contributed by atoms with van der Waals surface area (Å²) in [5.74, 6) is 0.446. The Morgan fingerprint density at radius 2 is 1.75 bits per heavy atom. The van der Waals surface area contributed by atoms with Crippen LogP contribution in [0.5, 0.6) is 17.2 Å². The van der Waals surface area contributed by atoms with Crippen molar-refractivity contribution in [1.82, 2.24) is 0 Å². The molecule has 0 aliphatic rings. The summed E-state index contributed by atoms with van der Waals surface area (Å²) in [4.78, 5) is 25.4. The molecule has 0 saturated heterocycles. The van der Waals surface area contributed by atoms with E-state index >= 15 is 0 Å². The summed E-state index contributed by atoms with van der Waals surface area (Å²) in [6, 6.07) is 16.5. The van der Waals surface area contributed by atoms with E-state index in [1.165, 1.54) is 36.6 Å². The fourth-order valence-corrected chi connectivity index (χ4v) is 3.70. The van der Waals surface area contributed by atoms with Gasteiger partial charge in [0.25, 0.3) is 0 Å². The molecule has 0 amide bonds. The van der Waals surface area contributed by atoms with Gasteiger partial charge >= 0.3 is 5.97 Å². The third kappa shape index (κ3) is 4.49. The van der Waals surface area contributed by atoms with E-state index in [4.69, 9.17) is 37.1 Å². The van der Waals surface area contributed by atoms with Gasteiger partial charge in [0.2, 0.25) is 11.2 Å². The number of hydrogen-bond donors (Lipinski definition) is 0. The largest absolute Gasteiger partial charge is 0.460 e. The van der Waals surface area contributed by atoms with Crippen molar-refractivity contribution < 1.29 is 18.7 Å². The van der Waals surface area contributed by atoms with Gasteiger partial charge in [-0.1, -0.05) is 55.2 Å². The van der Waals surface area contributed by atoms with Crippen LogP contribution < -0.4 is 14.9 Å². The zero-order valence-corrected chi connectivity index (χ0v) is 18.7. The van der Waals surface area contributed by atoms with Crippen LogP contribution in [0.15, 0.2) is 76.1 Å². The van der Waals surface area contributed by atoms with Gasteiger partial charge in [0.05, 0.1) is 16.0 Å². The fraction of sp³-hybridized carbons (Fsp3) is 0.120. The van der Waals surface area contributed by atoms with Crippen LogP contribution in [0.4, 0.5) is 0 Å². The van der Waals surface area contributed by atoms with Gasteiger partial charge in [-0.3, -0.25) is 4.79 Å². The summed E-state index contributed by atoms with van der Waals surface area (Å²) in [6.07, 6.45) is 1.25. The Hall–Kier alpha value is -3.28. The molecule has 1 heterocycles. The van der Waals surface area contributed by atoms with Crippen LogP contribution in [-0.2, 0) is 0 Å². The molecule has 162 valence electrons. The highest BCUT2D eigenvalue weighted by Crippen LogP contribution is 2.30. The van der Waals surface area contributed by atoms with Crippen molar-refractivity contribution >= 4 is 40.1 Å². The number of halogens is 2. The molecule has 1 aromatic heterocycles. The minimum atomic E-state index is -0.654. The van der Waals surface area contributed by atoms with Crippen molar-refractivity contribution in [2.45, 2.75) is 19.8 Å². The lowest BCUT2D eigenvalue weighted by molar-refractivity contribution is 0.0735. The lowest BCUT2D eigenvalue weighted by atomic mass is 10.0. The molecule has 0 bridgehead atoms. The average Bonchev–Trinajstić information content (AvgIpc) is 2.76. The number of rotatable bonds is 5. The molecule has 5 nitrogen and oxygen atoms in total. The Labute approximate surface area is 194 Å². The van der Waals surface area contributed by atoms with Gasteiger partial charge in [-0.2, -0.15) is 0 Å². The van der Waals surface area contributed by atoms with Gasteiger partial charge in [-0.15, -0.1) is 0 Å². The Morgan fingerprint density at radius 3 is 2.50 bits per heavy atom. The smallest absolute Gasteiger partial charge is 0.345 e. The maximum absolute atomic E-state index is 12.9. The maximum Gasteiger partial charge on any atom is 0.345 e. The van der Waals surface area contributed by atoms with Crippen molar-refractivity contribution in [2.24, 2.45) is 0 Å². The molecule has 0 saturated carbocycles. The average molecular weight is 469 g/mol. The zero-order chi connectivity index (χ0) is 22.8. The highest BCUT2D eigenvalue weighted by Gasteiger charge is 2.16. The number of fused-ring (bicyclic) bond motifs is 1. The van der Waals surface area contributed by atoms with E-state index in [2.05, 4.69) is 0 Å². The highest BCUT2D eigenvalue weighted by molar-refractivity contribution is 6.36. The van der Waals surface area contributed by atoms with Crippen LogP contribution in [0, 0.1) is 0 Å². The number of hydrogen-bond acceptors (Lipinski definition) is 5. The zero-order valence-electron chi connectivity index (χ0n) is 17.2. The number of carbonyl (C=O) groups is 1. The molecular formula is C25H18Cl2O5. The minimum Gasteiger partial charge on any atom is -0.460 e. The van der Waals surface area contributed by atoms with Gasteiger partial charge in [0, 0.05) is 11.1 Å². The highest BCUT2D eigenvalue weighted by atomic mass is 35.5. The van der Waals surface area contributed by atoms with E-state index in [1.807, 2.05) is 38.1 Å². The van der Waals surface area contributed by atoms with Crippen molar-refractivity contribution in [1.29, 1.82) is 0 Å². The summed E-state index contributed by atoms with van der Waals surface area (Å²) >= 11 is 11.9. The normalized spacial score (nSPS) is 11.0. The molecule has 4 aromatic rings. The number of ether oxygens (including phenoxy) is 2. The number of esters is 1. The first-order chi connectivity index (χ1) is 15.3. The molecule has 7 heteroatoms. The topological polar surface area (TPSA) is 65.7 Å². The van der Waals surface area contributed by atoms with Gasteiger partial charge in [-0.05, 0) is 47.9 Å². The molecular weight excluding hydrogens is 451 g/mol. The number of para-hydroxylation sites is 1. The molecule has 0 atom stereocenters. The molecule has 0 spiro atoms. The van der Waals surface area contributed by atoms with Crippen LogP contribution in [0.2, 0.25) is 10.0 Å². The molecule has 0 aliphatic carbocycles. The monoisotopic (exact) mass is 468 g/mol. The molecule has 0 N–H and O–H groups in total. The third-order valence-corrected chi connectivity index (χ3v) is 5.38. The lowest BCUT2D eigenvalue weighted by Crippen LogP contribution is -2.10. The molecule has 0 unspecified atom stereocenters. The van der Waals surface area contributed by atoms with Crippen molar-refractivity contribution in [2.75, 3.05) is 0 Å². The Balaban J connectivity index is 1.61. The van der Waals surface area contributed by atoms with E-state index < -0.39 is 5.97 Å². The van der Waals surface area contributed by atoms with Crippen molar-refractivity contribution in [3.63, 3.8) is 0 Å². The second kappa shape index (κ2) is 9.07. The molecule has 0 radical (unpaired) electrons. The first kappa shape index (κ1) is 21.9. The maximum atomic E-state index is 12.9. The van der Waals surface area contributed by atoms with E-state index in [0.29, 0.717) is 16.2 Å². The van der Waals surface area contributed by atoms with Gasteiger partial charge in [0.15, 0.2) is 0 Å². The van der Waals surface area contributed by atoms with E-state index in [0.717, 1.165) is 5.56 Å². The standard InChI is InChI=1S/C25H18Cl2O5/c1-14(2)17-5-3-4-6-21(17)32-23-13-30-22-12-16(8-10-19(22)24(23)28)31-25(29)18-9-7-15(26)11-20(18)27/h3-14H,1-2H3. The van der Waals surface area contributed by atoms with E-state index in [-0.39, 0.29) is 39.0 Å². The minimum absolute atomic E-state index is 0.0725. The summed E-state index contributed by atoms with van der Waals surface area (Å²) in [6.45, 7) is 4.09. The van der Waals surface area contributed by atoms with Crippen molar-refractivity contribution in [3.05, 3.63) is 98.3 Å². The van der Waals surface area contributed by atoms with Crippen molar-refractivity contribution in [3.8, 4) is 17.2 Å². The second-order valence-electron chi connectivity index (χ2n) is 7.40. The predicted octanol–water partition coefficient (Wildman–Crippen LogP) is 7.23. The van der Waals surface area contributed by atoms with Crippen LogP contribution >= 0.6 is 23.2 Å².